The van der Waals surface area contributed by atoms with Gasteiger partial charge in [-0.3, -0.25) is 4.79 Å². The summed E-state index contributed by atoms with van der Waals surface area (Å²) in [5.74, 6) is 0.581. The average molecular weight is 346 g/mol. The minimum atomic E-state index is -0.441. The van der Waals surface area contributed by atoms with Crippen molar-refractivity contribution in [2.45, 2.75) is 26.3 Å². The monoisotopic (exact) mass is 345 g/mol. The lowest BCUT2D eigenvalue weighted by Crippen LogP contribution is -2.28. The molecular formula is C16H16ClN5O2. The summed E-state index contributed by atoms with van der Waals surface area (Å²) in [5.41, 5.74) is 2.63. The maximum absolute atomic E-state index is 11.5. The van der Waals surface area contributed by atoms with Gasteiger partial charge in [0.15, 0.2) is 0 Å². The molecule has 24 heavy (non-hydrogen) atoms. The second kappa shape index (κ2) is 6.84. The molecule has 0 bridgehead atoms. The molecule has 124 valence electrons. The molecule has 0 spiro atoms. The van der Waals surface area contributed by atoms with Crippen LogP contribution >= 0.6 is 11.6 Å². The number of halogens is 1. The topological polar surface area (TPSA) is 96.7 Å². The highest BCUT2D eigenvalue weighted by Gasteiger charge is 2.22. The Hall–Kier alpha value is -2.67. The van der Waals surface area contributed by atoms with Crippen LogP contribution in [0.3, 0.4) is 0 Å². The van der Waals surface area contributed by atoms with Crippen molar-refractivity contribution in [2.24, 2.45) is 0 Å². The molecule has 3 rings (SSSR count). The normalized spacial score (nSPS) is 12.1. The number of aryl methyl sites for hydroxylation is 1. The zero-order valence-electron chi connectivity index (χ0n) is 13.2. The van der Waals surface area contributed by atoms with Crippen LogP contribution in [-0.2, 0) is 11.2 Å². The molecule has 0 unspecified atom stereocenters. The minimum Gasteiger partial charge on any atom is -0.348 e. The van der Waals surface area contributed by atoms with E-state index in [1.54, 1.807) is 24.7 Å². The summed E-state index contributed by atoms with van der Waals surface area (Å²) < 4.78 is 5.37. The zero-order valence-corrected chi connectivity index (χ0v) is 14.0. The van der Waals surface area contributed by atoms with Gasteiger partial charge in [0.2, 0.25) is 17.6 Å². The van der Waals surface area contributed by atoms with Crippen molar-refractivity contribution in [1.82, 2.24) is 25.4 Å². The van der Waals surface area contributed by atoms with E-state index in [0.717, 1.165) is 16.8 Å². The fourth-order valence-corrected chi connectivity index (χ4v) is 2.56. The number of benzene rings is 1. The minimum absolute atomic E-state index is 0.182. The number of nitrogens with zero attached hydrogens (tertiary/aromatic N) is 3. The highest BCUT2D eigenvalue weighted by molar-refractivity contribution is 6.30. The van der Waals surface area contributed by atoms with E-state index in [1.165, 1.54) is 6.92 Å². The summed E-state index contributed by atoms with van der Waals surface area (Å²) in [6.45, 7) is 3.38. The second-order valence-electron chi connectivity index (χ2n) is 5.45. The predicted octanol–water partition coefficient (Wildman–Crippen LogP) is 2.84. The van der Waals surface area contributed by atoms with Crippen LogP contribution in [0, 0.1) is 6.92 Å². The Bertz CT molecular complexity index is 844. The van der Waals surface area contributed by atoms with Gasteiger partial charge < -0.3 is 14.8 Å². The quantitative estimate of drug-likeness (QED) is 0.741. The van der Waals surface area contributed by atoms with Crippen LogP contribution < -0.4 is 5.32 Å². The molecule has 2 N–H and O–H groups in total. The Morgan fingerprint density at radius 2 is 2.29 bits per heavy atom. The van der Waals surface area contributed by atoms with E-state index in [1.807, 2.05) is 13.0 Å². The van der Waals surface area contributed by atoms with Gasteiger partial charge in [0.25, 0.3) is 0 Å². The van der Waals surface area contributed by atoms with Gasteiger partial charge in [-0.25, -0.2) is 4.98 Å². The number of imidazole rings is 1. The Morgan fingerprint density at radius 3 is 3.00 bits per heavy atom. The van der Waals surface area contributed by atoms with Gasteiger partial charge in [-0.2, -0.15) is 4.98 Å². The van der Waals surface area contributed by atoms with Crippen molar-refractivity contribution >= 4 is 17.5 Å². The largest absolute Gasteiger partial charge is 0.348 e. The summed E-state index contributed by atoms with van der Waals surface area (Å²) >= 11 is 6.05. The first-order valence-corrected chi connectivity index (χ1v) is 7.75. The summed E-state index contributed by atoms with van der Waals surface area (Å²) in [6.07, 6.45) is 3.73. The molecule has 1 atom stereocenters. The summed E-state index contributed by atoms with van der Waals surface area (Å²) in [5, 5.41) is 7.44. The Morgan fingerprint density at radius 1 is 1.46 bits per heavy atom. The number of nitrogens with one attached hydrogen (secondary N) is 2. The lowest BCUT2D eigenvalue weighted by Gasteiger charge is -2.12. The number of carbonyl (C=O) groups is 1. The SMILES string of the molecule is CC(=O)N[C@@H](Cc1cnc[nH]1)c1nc(-c2cc(Cl)ccc2C)no1. The molecule has 0 fully saturated rings. The lowest BCUT2D eigenvalue weighted by atomic mass is 10.1. The fourth-order valence-electron chi connectivity index (χ4n) is 2.38. The molecule has 3 aromatic rings. The third kappa shape index (κ3) is 3.62. The molecule has 0 aliphatic rings. The van der Waals surface area contributed by atoms with Crippen molar-refractivity contribution < 1.29 is 9.32 Å². The highest BCUT2D eigenvalue weighted by Crippen LogP contribution is 2.26. The first-order chi connectivity index (χ1) is 11.5. The van der Waals surface area contributed by atoms with Crippen LogP contribution in [-0.4, -0.2) is 26.0 Å². The van der Waals surface area contributed by atoms with E-state index < -0.39 is 6.04 Å². The number of amides is 1. The van der Waals surface area contributed by atoms with Gasteiger partial charge >= 0.3 is 0 Å². The van der Waals surface area contributed by atoms with Crippen LogP contribution in [0.4, 0.5) is 0 Å². The summed E-state index contributed by atoms with van der Waals surface area (Å²) in [4.78, 5) is 22.9. The molecule has 1 amide bonds. The molecule has 2 aromatic heterocycles. The predicted molar refractivity (Wildman–Crippen MR) is 88.3 cm³/mol. The highest BCUT2D eigenvalue weighted by atomic mass is 35.5. The molecular weight excluding hydrogens is 330 g/mol. The molecule has 2 heterocycles. The average Bonchev–Trinajstić information content (AvgIpc) is 3.20. The lowest BCUT2D eigenvalue weighted by molar-refractivity contribution is -0.119. The molecule has 0 saturated carbocycles. The Balaban J connectivity index is 1.90. The number of hydrogen-bond acceptors (Lipinski definition) is 5. The van der Waals surface area contributed by atoms with E-state index in [2.05, 4.69) is 25.4 Å². The molecule has 0 aliphatic heterocycles. The molecule has 7 nitrogen and oxygen atoms in total. The van der Waals surface area contributed by atoms with Crippen molar-refractivity contribution in [3.05, 3.63) is 52.9 Å². The van der Waals surface area contributed by atoms with Crippen LogP contribution in [0.1, 0.15) is 30.1 Å². The molecule has 0 aliphatic carbocycles. The van der Waals surface area contributed by atoms with Crippen LogP contribution in [0.15, 0.2) is 35.2 Å². The standard InChI is InChI=1S/C16H16ClN5O2/c1-9-3-4-11(17)5-13(9)15-21-16(24-22-15)14(20-10(2)23)6-12-7-18-8-19-12/h3-5,7-8,14H,6H2,1-2H3,(H,18,19)(H,20,23)/t14-/m0/s1. The number of H-pyrrole nitrogens is 1. The molecule has 0 saturated heterocycles. The number of hydrogen-bond donors (Lipinski definition) is 2. The molecule has 0 radical (unpaired) electrons. The van der Waals surface area contributed by atoms with E-state index in [0.29, 0.717) is 23.2 Å². The fraction of sp³-hybridized carbons (Fsp3) is 0.250. The third-order valence-corrected chi connectivity index (χ3v) is 3.77. The summed E-state index contributed by atoms with van der Waals surface area (Å²) in [7, 11) is 0. The van der Waals surface area contributed by atoms with Crippen molar-refractivity contribution in [2.75, 3.05) is 0 Å². The van der Waals surface area contributed by atoms with Gasteiger partial charge in [-0.1, -0.05) is 22.8 Å². The van der Waals surface area contributed by atoms with E-state index in [4.69, 9.17) is 16.1 Å². The maximum atomic E-state index is 11.5. The summed E-state index contributed by atoms with van der Waals surface area (Å²) in [6, 6.07) is 5.04. The number of aromatic nitrogens is 4. The first-order valence-electron chi connectivity index (χ1n) is 7.37. The van der Waals surface area contributed by atoms with Gasteiger partial charge in [0.05, 0.1) is 6.33 Å². The first kappa shape index (κ1) is 16.2. The Labute approximate surface area is 143 Å². The van der Waals surface area contributed by atoms with Crippen molar-refractivity contribution in [3.8, 4) is 11.4 Å². The molecule has 8 heteroatoms. The van der Waals surface area contributed by atoms with Crippen molar-refractivity contribution in [1.29, 1.82) is 0 Å². The van der Waals surface area contributed by atoms with Crippen molar-refractivity contribution in [3.63, 3.8) is 0 Å². The van der Waals surface area contributed by atoms with E-state index in [-0.39, 0.29) is 5.91 Å². The molecule has 1 aromatic carbocycles. The number of carbonyl (C=O) groups excluding carboxylic acids is 1. The van der Waals surface area contributed by atoms with E-state index >= 15 is 0 Å². The van der Waals surface area contributed by atoms with Crippen LogP contribution in [0.2, 0.25) is 5.02 Å². The smallest absolute Gasteiger partial charge is 0.249 e. The van der Waals surface area contributed by atoms with Gasteiger partial charge in [0.1, 0.15) is 6.04 Å². The number of aromatic amines is 1. The van der Waals surface area contributed by atoms with Crippen LogP contribution in [0.25, 0.3) is 11.4 Å². The number of rotatable bonds is 5. The second-order valence-corrected chi connectivity index (χ2v) is 5.89. The van der Waals surface area contributed by atoms with Gasteiger partial charge in [0, 0.05) is 35.8 Å². The zero-order chi connectivity index (χ0) is 17.1. The Kier molecular flexibility index (Phi) is 4.61. The maximum Gasteiger partial charge on any atom is 0.249 e. The van der Waals surface area contributed by atoms with Gasteiger partial charge in [-0.05, 0) is 24.6 Å². The third-order valence-electron chi connectivity index (χ3n) is 3.54. The van der Waals surface area contributed by atoms with Gasteiger partial charge in [-0.15, -0.1) is 0 Å². The van der Waals surface area contributed by atoms with Crippen LogP contribution in [0.5, 0.6) is 0 Å². The van der Waals surface area contributed by atoms with E-state index in [9.17, 15) is 4.79 Å².